The number of carbonyl (C=O) groups excluding carboxylic acids is 1. The molecule has 23 heavy (non-hydrogen) atoms. The van der Waals surface area contributed by atoms with E-state index >= 15 is 0 Å². The molecule has 0 bridgehead atoms. The maximum absolute atomic E-state index is 12.6. The minimum Gasteiger partial charge on any atom is -0.292 e. The quantitative estimate of drug-likeness (QED) is 0.691. The molecule has 1 unspecified atom stereocenters. The standard InChI is InChI=1S/C17H13N5O/c1-12-7-9-13(10-8-12)16(23)15(11-18)17-19-20-21-22(17)14-5-3-2-4-6-14/h2-10,15H,1H3. The third kappa shape index (κ3) is 2.85. The molecule has 3 rings (SSSR count). The van der Waals surface area contributed by atoms with Gasteiger partial charge < -0.3 is 0 Å². The monoisotopic (exact) mass is 303 g/mol. The van der Waals surface area contributed by atoms with E-state index in [4.69, 9.17) is 0 Å². The van der Waals surface area contributed by atoms with E-state index in [-0.39, 0.29) is 11.6 Å². The van der Waals surface area contributed by atoms with Crippen LogP contribution in [0.15, 0.2) is 54.6 Å². The third-order valence-electron chi connectivity index (χ3n) is 3.48. The molecule has 0 N–H and O–H groups in total. The summed E-state index contributed by atoms with van der Waals surface area (Å²) in [5, 5.41) is 20.9. The first-order chi connectivity index (χ1) is 11.2. The van der Waals surface area contributed by atoms with Crippen molar-refractivity contribution in [2.24, 2.45) is 0 Å². The molecule has 1 heterocycles. The number of hydrogen-bond donors (Lipinski definition) is 0. The fourth-order valence-electron chi connectivity index (χ4n) is 2.25. The molecule has 0 saturated heterocycles. The maximum Gasteiger partial charge on any atom is 0.187 e. The predicted molar refractivity (Wildman–Crippen MR) is 83.0 cm³/mol. The van der Waals surface area contributed by atoms with Gasteiger partial charge in [0.1, 0.15) is 0 Å². The summed E-state index contributed by atoms with van der Waals surface area (Å²) in [7, 11) is 0. The Morgan fingerprint density at radius 2 is 1.83 bits per heavy atom. The van der Waals surface area contributed by atoms with Crippen molar-refractivity contribution in [1.82, 2.24) is 20.2 Å². The lowest BCUT2D eigenvalue weighted by atomic mass is 9.97. The van der Waals surface area contributed by atoms with E-state index < -0.39 is 5.92 Å². The van der Waals surface area contributed by atoms with Gasteiger partial charge in [0.2, 0.25) is 0 Å². The van der Waals surface area contributed by atoms with E-state index in [2.05, 4.69) is 15.5 Å². The summed E-state index contributed by atoms with van der Waals surface area (Å²) in [5.74, 6) is -1.17. The highest BCUT2D eigenvalue weighted by atomic mass is 16.1. The van der Waals surface area contributed by atoms with Crippen LogP contribution in [0, 0.1) is 18.3 Å². The van der Waals surface area contributed by atoms with Crippen molar-refractivity contribution in [3.05, 3.63) is 71.5 Å². The Labute approximate surface area is 133 Å². The zero-order chi connectivity index (χ0) is 16.2. The molecule has 0 saturated carbocycles. The van der Waals surface area contributed by atoms with E-state index in [1.807, 2.05) is 55.5 Å². The van der Waals surface area contributed by atoms with Gasteiger partial charge in [-0.15, -0.1) is 5.10 Å². The van der Waals surface area contributed by atoms with Gasteiger partial charge in [-0.05, 0) is 29.5 Å². The van der Waals surface area contributed by atoms with Crippen LogP contribution in [0.2, 0.25) is 0 Å². The normalized spacial score (nSPS) is 11.7. The Morgan fingerprint density at radius 3 is 2.48 bits per heavy atom. The highest BCUT2D eigenvalue weighted by Gasteiger charge is 2.28. The van der Waals surface area contributed by atoms with E-state index in [0.717, 1.165) is 5.56 Å². The number of hydrogen-bond acceptors (Lipinski definition) is 5. The molecule has 3 aromatic rings. The van der Waals surface area contributed by atoms with Crippen molar-refractivity contribution in [2.75, 3.05) is 0 Å². The number of para-hydroxylation sites is 1. The molecule has 0 aliphatic heterocycles. The molecule has 0 radical (unpaired) electrons. The highest BCUT2D eigenvalue weighted by molar-refractivity contribution is 6.02. The fraction of sp³-hybridized carbons (Fsp3) is 0.118. The fourth-order valence-corrected chi connectivity index (χ4v) is 2.25. The van der Waals surface area contributed by atoms with Crippen LogP contribution in [0.4, 0.5) is 0 Å². The first-order valence-electron chi connectivity index (χ1n) is 7.05. The van der Waals surface area contributed by atoms with E-state index in [1.54, 1.807) is 12.1 Å². The first kappa shape index (κ1) is 14.6. The molecule has 0 amide bonds. The summed E-state index contributed by atoms with van der Waals surface area (Å²) in [6, 6.07) is 18.3. The van der Waals surface area contributed by atoms with Gasteiger partial charge in [-0.25, -0.2) is 0 Å². The van der Waals surface area contributed by atoms with E-state index in [9.17, 15) is 10.1 Å². The first-order valence-corrected chi connectivity index (χ1v) is 7.05. The minimum atomic E-state index is -1.06. The van der Waals surface area contributed by atoms with Gasteiger partial charge in [0.15, 0.2) is 17.5 Å². The Bertz CT molecular complexity index is 862. The lowest BCUT2D eigenvalue weighted by molar-refractivity contribution is 0.0975. The van der Waals surface area contributed by atoms with Gasteiger partial charge in [0.25, 0.3) is 0 Å². The molecule has 1 atom stereocenters. The molecule has 2 aromatic carbocycles. The Balaban J connectivity index is 2.00. The Hall–Kier alpha value is -3.33. The van der Waals surface area contributed by atoms with Crippen LogP contribution in [0.5, 0.6) is 0 Å². The lowest BCUT2D eigenvalue weighted by Gasteiger charge is -2.09. The SMILES string of the molecule is Cc1ccc(C(=O)C(C#N)c2nnnn2-c2ccccc2)cc1. The predicted octanol–water partition coefficient (Wildman–Crippen LogP) is 2.46. The smallest absolute Gasteiger partial charge is 0.187 e. The van der Waals surface area contributed by atoms with Crippen LogP contribution in [0.1, 0.15) is 27.7 Å². The number of nitriles is 1. The van der Waals surface area contributed by atoms with Gasteiger partial charge in [0.05, 0.1) is 11.8 Å². The minimum absolute atomic E-state index is 0.212. The van der Waals surface area contributed by atoms with Crippen molar-refractivity contribution >= 4 is 5.78 Å². The van der Waals surface area contributed by atoms with Gasteiger partial charge in [-0.1, -0.05) is 48.0 Å². The average Bonchev–Trinajstić information content (AvgIpc) is 3.06. The average molecular weight is 303 g/mol. The van der Waals surface area contributed by atoms with Crippen LogP contribution < -0.4 is 0 Å². The molecule has 0 aliphatic carbocycles. The summed E-state index contributed by atoms with van der Waals surface area (Å²) < 4.78 is 1.42. The number of aromatic nitrogens is 4. The van der Waals surface area contributed by atoms with Crippen LogP contribution in [0.3, 0.4) is 0 Å². The van der Waals surface area contributed by atoms with Gasteiger partial charge in [-0.2, -0.15) is 9.94 Å². The molecule has 1 aromatic heterocycles. The number of nitrogens with zero attached hydrogens (tertiary/aromatic N) is 5. The molecule has 6 nitrogen and oxygen atoms in total. The van der Waals surface area contributed by atoms with E-state index in [0.29, 0.717) is 11.3 Å². The summed E-state index contributed by atoms with van der Waals surface area (Å²) in [5.41, 5.74) is 2.21. The van der Waals surface area contributed by atoms with Crippen molar-refractivity contribution in [1.29, 1.82) is 5.26 Å². The van der Waals surface area contributed by atoms with Crippen molar-refractivity contribution in [2.45, 2.75) is 12.8 Å². The van der Waals surface area contributed by atoms with Crippen LogP contribution >= 0.6 is 0 Å². The number of tetrazole rings is 1. The second-order valence-electron chi connectivity index (χ2n) is 5.08. The Kier molecular flexibility index (Phi) is 3.93. The largest absolute Gasteiger partial charge is 0.292 e. The second kappa shape index (κ2) is 6.20. The number of aryl methyl sites for hydroxylation is 1. The molecular formula is C17H13N5O. The molecular weight excluding hydrogens is 290 g/mol. The van der Waals surface area contributed by atoms with Crippen molar-refractivity contribution in [3.63, 3.8) is 0 Å². The Morgan fingerprint density at radius 1 is 1.13 bits per heavy atom. The lowest BCUT2D eigenvalue weighted by Crippen LogP contribution is -2.16. The number of carbonyl (C=O) groups is 1. The van der Waals surface area contributed by atoms with E-state index in [1.165, 1.54) is 4.68 Å². The zero-order valence-corrected chi connectivity index (χ0v) is 12.4. The van der Waals surface area contributed by atoms with Crippen molar-refractivity contribution < 1.29 is 4.79 Å². The van der Waals surface area contributed by atoms with Crippen molar-refractivity contribution in [3.8, 4) is 11.8 Å². The summed E-state index contributed by atoms with van der Waals surface area (Å²) in [6.07, 6.45) is 0. The summed E-state index contributed by atoms with van der Waals surface area (Å²) in [4.78, 5) is 12.6. The molecule has 0 aliphatic rings. The van der Waals surface area contributed by atoms with Crippen LogP contribution in [-0.2, 0) is 0 Å². The number of rotatable bonds is 4. The number of ketones is 1. The van der Waals surface area contributed by atoms with Gasteiger partial charge >= 0.3 is 0 Å². The summed E-state index contributed by atoms with van der Waals surface area (Å²) in [6.45, 7) is 1.94. The second-order valence-corrected chi connectivity index (χ2v) is 5.08. The molecule has 0 fully saturated rings. The summed E-state index contributed by atoms with van der Waals surface area (Å²) >= 11 is 0. The topological polar surface area (TPSA) is 84.5 Å². The highest BCUT2D eigenvalue weighted by Crippen LogP contribution is 2.20. The maximum atomic E-state index is 12.6. The molecule has 0 spiro atoms. The third-order valence-corrected chi connectivity index (χ3v) is 3.48. The van der Waals surface area contributed by atoms with Gasteiger partial charge in [-0.3, -0.25) is 4.79 Å². The van der Waals surface area contributed by atoms with Crippen LogP contribution in [0.25, 0.3) is 5.69 Å². The van der Waals surface area contributed by atoms with Crippen LogP contribution in [-0.4, -0.2) is 26.0 Å². The molecule has 112 valence electrons. The molecule has 6 heteroatoms. The van der Waals surface area contributed by atoms with Gasteiger partial charge in [0, 0.05) is 5.56 Å². The number of benzene rings is 2. The number of Topliss-reactive ketones (excluding diaryl/α,β-unsaturated/α-hetero) is 1. The zero-order valence-electron chi connectivity index (χ0n) is 12.4.